The van der Waals surface area contributed by atoms with E-state index in [1.54, 1.807) is 13.8 Å². The van der Waals surface area contributed by atoms with Gasteiger partial charge in [0.05, 0.1) is 0 Å². The summed E-state index contributed by atoms with van der Waals surface area (Å²) in [5.41, 5.74) is 2.14. The Bertz CT molecular complexity index is 878. The van der Waals surface area contributed by atoms with Gasteiger partial charge < -0.3 is 19.5 Å². The summed E-state index contributed by atoms with van der Waals surface area (Å²) < 4.78 is 17.8. The molecule has 2 bridgehead atoms. The third-order valence-corrected chi connectivity index (χ3v) is 6.71. The second-order valence-electron chi connectivity index (χ2n) is 8.07. The van der Waals surface area contributed by atoms with Gasteiger partial charge in [0.2, 0.25) is 0 Å². The summed E-state index contributed by atoms with van der Waals surface area (Å²) in [6.07, 6.45) is 5.90. The largest absolute Gasteiger partial charge is 0.481 e. The van der Waals surface area contributed by atoms with Crippen molar-refractivity contribution >= 4 is 11.9 Å². The molecule has 1 saturated heterocycles. The van der Waals surface area contributed by atoms with Crippen molar-refractivity contribution in [2.24, 2.45) is 5.92 Å². The number of benzene rings is 1. The van der Waals surface area contributed by atoms with Crippen LogP contribution < -0.4 is 14.8 Å². The number of carbonyl (C=O) groups excluding carboxylic acids is 2. The summed E-state index contributed by atoms with van der Waals surface area (Å²) in [7, 11) is 0. The highest BCUT2D eigenvalue weighted by Crippen LogP contribution is 2.61. The molecule has 2 heterocycles. The fourth-order valence-electron chi connectivity index (χ4n) is 5.56. The van der Waals surface area contributed by atoms with E-state index >= 15 is 0 Å². The molecule has 148 valence electrons. The zero-order valence-electron chi connectivity index (χ0n) is 16.2. The average Bonchev–Trinajstić information content (AvgIpc) is 3.04. The quantitative estimate of drug-likeness (QED) is 0.489. The molecule has 5 rings (SSSR count). The van der Waals surface area contributed by atoms with E-state index in [1.165, 1.54) is 5.56 Å². The predicted molar refractivity (Wildman–Crippen MR) is 101 cm³/mol. The minimum Gasteiger partial charge on any atom is -0.481 e. The SMILES string of the molecule is CCC(=O)Oc1ccc2c3c1O[C@H]1[C@@H](OC(=O)CC)C=C[C@H]4[C@@H](C2)NCC[C@@]341. The Hall–Kier alpha value is -2.34. The van der Waals surface area contributed by atoms with Crippen LogP contribution in [-0.2, 0) is 26.2 Å². The van der Waals surface area contributed by atoms with E-state index < -0.39 is 6.10 Å². The fourth-order valence-corrected chi connectivity index (χ4v) is 5.56. The van der Waals surface area contributed by atoms with Crippen LogP contribution in [0.25, 0.3) is 0 Å². The summed E-state index contributed by atoms with van der Waals surface area (Å²) in [6, 6.07) is 4.24. The van der Waals surface area contributed by atoms with Crippen LogP contribution >= 0.6 is 0 Å². The third kappa shape index (κ3) is 2.30. The molecule has 0 unspecified atom stereocenters. The van der Waals surface area contributed by atoms with E-state index in [0.717, 1.165) is 24.9 Å². The van der Waals surface area contributed by atoms with Gasteiger partial charge in [0.25, 0.3) is 0 Å². The van der Waals surface area contributed by atoms with E-state index in [4.69, 9.17) is 14.2 Å². The lowest BCUT2D eigenvalue weighted by molar-refractivity contribution is -0.153. The minimum atomic E-state index is -0.435. The number of carbonyl (C=O) groups is 2. The molecule has 1 N–H and O–H groups in total. The first kappa shape index (κ1) is 17.7. The van der Waals surface area contributed by atoms with Gasteiger partial charge in [0.1, 0.15) is 6.10 Å². The van der Waals surface area contributed by atoms with Crippen LogP contribution in [0.15, 0.2) is 24.3 Å². The van der Waals surface area contributed by atoms with E-state index in [1.807, 2.05) is 12.1 Å². The van der Waals surface area contributed by atoms with Crippen molar-refractivity contribution in [3.05, 3.63) is 35.4 Å². The summed E-state index contributed by atoms with van der Waals surface area (Å²) in [5, 5.41) is 3.65. The molecule has 0 aromatic heterocycles. The van der Waals surface area contributed by atoms with E-state index in [-0.39, 0.29) is 29.4 Å². The standard InChI is InChI=1S/C22H25NO5/c1-3-17(24)26-15-7-5-12-11-14-13-6-8-16(27-18(25)4-2)21-22(13,9-10-23-14)19(12)20(15)28-21/h5-8,13-14,16,21,23H,3-4,9-11H2,1-2H3/t13-,14+,16-,21-,22-/m0/s1. The molecule has 6 heteroatoms. The first-order valence-corrected chi connectivity index (χ1v) is 10.2. The Morgan fingerprint density at radius 3 is 2.82 bits per heavy atom. The van der Waals surface area contributed by atoms with Crippen molar-refractivity contribution in [2.45, 2.75) is 63.2 Å². The topological polar surface area (TPSA) is 73.9 Å². The Kier molecular flexibility index (Phi) is 4.02. The molecular weight excluding hydrogens is 358 g/mol. The van der Waals surface area contributed by atoms with Crippen molar-refractivity contribution in [1.82, 2.24) is 5.32 Å². The molecule has 0 amide bonds. The Morgan fingerprint density at radius 1 is 1.21 bits per heavy atom. The maximum Gasteiger partial charge on any atom is 0.311 e. The second-order valence-corrected chi connectivity index (χ2v) is 8.07. The molecule has 1 aromatic rings. The zero-order valence-corrected chi connectivity index (χ0v) is 16.2. The van der Waals surface area contributed by atoms with E-state index in [2.05, 4.69) is 17.5 Å². The van der Waals surface area contributed by atoms with Gasteiger partial charge in [0.15, 0.2) is 17.6 Å². The maximum absolute atomic E-state index is 12.0. The van der Waals surface area contributed by atoms with E-state index in [9.17, 15) is 9.59 Å². The van der Waals surface area contributed by atoms with Crippen molar-refractivity contribution in [3.8, 4) is 11.5 Å². The Labute approximate surface area is 164 Å². The van der Waals surface area contributed by atoms with Crippen LogP contribution in [0.4, 0.5) is 0 Å². The fraction of sp³-hybridized carbons (Fsp3) is 0.545. The summed E-state index contributed by atoms with van der Waals surface area (Å²) in [5.74, 6) is 0.897. The highest BCUT2D eigenvalue weighted by molar-refractivity contribution is 5.74. The van der Waals surface area contributed by atoms with Crippen LogP contribution in [0.5, 0.6) is 11.5 Å². The first-order valence-electron chi connectivity index (χ1n) is 10.2. The highest BCUT2D eigenvalue weighted by Gasteiger charge is 2.64. The number of ether oxygens (including phenoxy) is 3. The molecule has 0 saturated carbocycles. The Morgan fingerprint density at radius 2 is 2.04 bits per heavy atom. The molecule has 1 spiro atoms. The first-order chi connectivity index (χ1) is 13.6. The van der Waals surface area contributed by atoms with Gasteiger partial charge in [-0.15, -0.1) is 0 Å². The molecule has 6 nitrogen and oxygen atoms in total. The molecule has 1 fully saturated rings. The Balaban J connectivity index is 1.64. The van der Waals surface area contributed by atoms with Gasteiger partial charge in [-0.05, 0) is 37.1 Å². The van der Waals surface area contributed by atoms with Crippen molar-refractivity contribution in [2.75, 3.05) is 6.54 Å². The van der Waals surface area contributed by atoms with Crippen molar-refractivity contribution < 1.29 is 23.8 Å². The highest BCUT2D eigenvalue weighted by atomic mass is 16.6. The molecule has 2 aliphatic heterocycles. The van der Waals surface area contributed by atoms with Gasteiger partial charge in [0, 0.05) is 35.8 Å². The lowest BCUT2D eigenvalue weighted by Gasteiger charge is -2.54. The molecular formula is C22H25NO5. The smallest absolute Gasteiger partial charge is 0.311 e. The minimum absolute atomic E-state index is 0.233. The van der Waals surface area contributed by atoms with Gasteiger partial charge in [-0.3, -0.25) is 9.59 Å². The maximum atomic E-state index is 12.0. The molecule has 1 aromatic carbocycles. The number of hydrogen-bond acceptors (Lipinski definition) is 6. The summed E-state index contributed by atoms with van der Waals surface area (Å²) in [6.45, 7) is 4.46. The van der Waals surface area contributed by atoms with Crippen LogP contribution in [-0.4, -0.2) is 36.7 Å². The van der Waals surface area contributed by atoms with Crippen molar-refractivity contribution in [3.63, 3.8) is 0 Å². The summed E-state index contributed by atoms with van der Waals surface area (Å²) >= 11 is 0. The zero-order chi connectivity index (χ0) is 19.5. The van der Waals surface area contributed by atoms with Crippen LogP contribution in [0, 0.1) is 5.92 Å². The number of esters is 2. The number of nitrogens with one attached hydrogen (secondary N) is 1. The normalized spacial score (nSPS) is 33.6. The number of hydrogen-bond donors (Lipinski definition) is 1. The third-order valence-electron chi connectivity index (χ3n) is 6.71. The molecule has 5 atom stereocenters. The molecule has 2 aliphatic carbocycles. The van der Waals surface area contributed by atoms with Crippen LogP contribution in [0.2, 0.25) is 0 Å². The van der Waals surface area contributed by atoms with Gasteiger partial charge >= 0.3 is 11.9 Å². The summed E-state index contributed by atoms with van der Waals surface area (Å²) in [4.78, 5) is 24.0. The number of rotatable bonds is 4. The van der Waals surface area contributed by atoms with E-state index in [0.29, 0.717) is 30.4 Å². The van der Waals surface area contributed by atoms with Gasteiger partial charge in [-0.25, -0.2) is 0 Å². The van der Waals surface area contributed by atoms with Gasteiger partial charge in [-0.2, -0.15) is 0 Å². The average molecular weight is 383 g/mol. The van der Waals surface area contributed by atoms with Crippen LogP contribution in [0.3, 0.4) is 0 Å². The van der Waals surface area contributed by atoms with Gasteiger partial charge in [-0.1, -0.05) is 26.0 Å². The van der Waals surface area contributed by atoms with Crippen molar-refractivity contribution in [1.29, 1.82) is 0 Å². The molecule has 4 aliphatic rings. The second kappa shape index (κ2) is 6.34. The lowest BCUT2D eigenvalue weighted by Crippen LogP contribution is -2.65. The predicted octanol–water partition coefficient (Wildman–Crippen LogP) is 2.43. The number of piperidine rings is 1. The van der Waals surface area contributed by atoms with Crippen LogP contribution in [0.1, 0.15) is 44.2 Å². The lowest BCUT2D eigenvalue weighted by atomic mass is 9.53. The molecule has 0 radical (unpaired) electrons. The monoisotopic (exact) mass is 383 g/mol. The molecule has 28 heavy (non-hydrogen) atoms.